The molecule has 1 atom stereocenters. The van der Waals surface area contributed by atoms with Gasteiger partial charge in [-0.05, 0) is 18.2 Å². The van der Waals surface area contributed by atoms with Crippen molar-refractivity contribution in [2.75, 3.05) is 13.7 Å². The van der Waals surface area contributed by atoms with Gasteiger partial charge in [0.25, 0.3) is 5.91 Å². The minimum atomic E-state index is -1.18. The standard InChI is InChI=1S/C11H11Cl2NO4/c1-18-5-9(11(16)17)14-10(15)6-2-3-7(12)8(13)4-6/h2-4,9H,5H2,1H3,(H,14,15)(H,16,17). The molecule has 0 heterocycles. The van der Waals surface area contributed by atoms with Crippen molar-refractivity contribution in [1.82, 2.24) is 5.32 Å². The van der Waals surface area contributed by atoms with Crippen molar-refractivity contribution in [2.45, 2.75) is 6.04 Å². The normalized spacial score (nSPS) is 11.9. The van der Waals surface area contributed by atoms with E-state index in [-0.39, 0.29) is 17.2 Å². The molecule has 0 spiro atoms. The highest BCUT2D eigenvalue weighted by Crippen LogP contribution is 2.22. The van der Waals surface area contributed by atoms with E-state index in [0.29, 0.717) is 5.02 Å². The second kappa shape index (κ2) is 6.58. The van der Waals surface area contributed by atoms with Gasteiger partial charge in [-0.3, -0.25) is 4.79 Å². The molecule has 0 aromatic heterocycles. The first kappa shape index (κ1) is 14.8. The van der Waals surface area contributed by atoms with Crippen LogP contribution in [0.4, 0.5) is 0 Å². The SMILES string of the molecule is COCC(NC(=O)c1ccc(Cl)c(Cl)c1)C(=O)O. The third kappa shape index (κ3) is 3.87. The van der Waals surface area contributed by atoms with Gasteiger partial charge < -0.3 is 15.2 Å². The van der Waals surface area contributed by atoms with E-state index in [0.717, 1.165) is 0 Å². The summed E-state index contributed by atoms with van der Waals surface area (Å²) in [4.78, 5) is 22.6. The molecule has 0 aliphatic carbocycles. The lowest BCUT2D eigenvalue weighted by Gasteiger charge is -2.13. The molecule has 2 N–H and O–H groups in total. The summed E-state index contributed by atoms with van der Waals surface area (Å²) < 4.78 is 4.70. The van der Waals surface area contributed by atoms with Crippen LogP contribution in [0, 0.1) is 0 Å². The van der Waals surface area contributed by atoms with Gasteiger partial charge in [-0.15, -0.1) is 0 Å². The number of nitrogens with one attached hydrogen (secondary N) is 1. The molecule has 18 heavy (non-hydrogen) atoms. The van der Waals surface area contributed by atoms with Gasteiger partial charge >= 0.3 is 5.97 Å². The minimum absolute atomic E-state index is 0.123. The number of carboxylic acids is 1. The molecule has 7 heteroatoms. The zero-order valence-electron chi connectivity index (χ0n) is 9.44. The molecule has 1 rings (SSSR count). The van der Waals surface area contributed by atoms with Crippen LogP contribution in [-0.4, -0.2) is 36.7 Å². The first-order valence-electron chi connectivity index (χ1n) is 4.93. The number of benzene rings is 1. The number of carbonyl (C=O) groups excluding carboxylic acids is 1. The van der Waals surface area contributed by atoms with Crippen molar-refractivity contribution in [3.05, 3.63) is 33.8 Å². The Labute approximate surface area is 114 Å². The summed E-state index contributed by atoms with van der Waals surface area (Å²) in [7, 11) is 1.35. The van der Waals surface area contributed by atoms with Crippen molar-refractivity contribution in [2.24, 2.45) is 0 Å². The Bertz CT molecular complexity index is 464. The maximum Gasteiger partial charge on any atom is 0.328 e. The Kier molecular flexibility index (Phi) is 5.40. The number of aliphatic carboxylic acids is 1. The van der Waals surface area contributed by atoms with Crippen molar-refractivity contribution >= 4 is 35.1 Å². The van der Waals surface area contributed by atoms with Crippen LogP contribution in [0.3, 0.4) is 0 Å². The Balaban J connectivity index is 2.80. The number of halogens is 2. The number of hydrogen-bond acceptors (Lipinski definition) is 3. The topological polar surface area (TPSA) is 75.6 Å². The molecule has 0 bridgehead atoms. The summed E-state index contributed by atoms with van der Waals surface area (Å²) in [5.41, 5.74) is 0.228. The monoisotopic (exact) mass is 291 g/mol. The van der Waals surface area contributed by atoms with Crippen LogP contribution < -0.4 is 5.32 Å². The third-order valence-electron chi connectivity index (χ3n) is 2.12. The highest BCUT2D eigenvalue weighted by Gasteiger charge is 2.20. The van der Waals surface area contributed by atoms with Crippen molar-refractivity contribution in [3.63, 3.8) is 0 Å². The summed E-state index contributed by atoms with van der Waals surface area (Å²) in [6.45, 7) is -0.123. The maximum absolute atomic E-state index is 11.8. The van der Waals surface area contributed by atoms with Crippen LogP contribution in [0.1, 0.15) is 10.4 Å². The van der Waals surface area contributed by atoms with Crippen LogP contribution in [0.2, 0.25) is 10.0 Å². The third-order valence-corrected chi connectivity index (χ3v) is 2.86. The van der Waals surface area contributed by atoms with E-state index in [1.807, 2.05) is 0 Å². The Morgan fingerprint density at radius 2 is 2.06 bits per heavy atom. The lowest BCUT2D eigenvalue weighted by Crippen LogP contribution is -2.43. The van der Waals surface area contributed by atoms with Gasteiger partial charge in [0.05, 0.1) is 16.7 Å². The summed E-state index contributed by atoms with van der Waals surface area (Å²) in [6.07, 6.45) is 0. The fourth-order valence-electron chi connectivity index (χ4n) is 1.22. The smallest absolute Gasteiger partial charge is 0.328 e. The maximum atomic E-state index is 11.8. The Morgan fingerprint density at radius 1 is 1.39 bits per heavy atom. The van der Waals surface area contributed by atoms with Gasteiger partial charge in [0.15, 0.2) is 6.04 Å². The number of carbonyl (C=O) groups is 2. The number of rotatable bonds is 5. The number of hydrogen-bond donors (Lipinski definition) is 2. The van der Waals surface area contributed by atoms with Gasteiger partial charge in [-0.2, -0.15) is 0 Å². The number of methoxy groups -OCH3 is 1. The number of ether oxygens (including phenoxy) is 1. The number of amides is 1. The van der Waals surface area contributed by atoms with Crippen LogP contribution in [0.5, 0.6) is 0 Å². The first-order valence-corrected chi connectivity index (χ1v) is 5.69. The molecule has 1 aromatic rings. The zero-order valence-corrected chi connectivity index (χ0v) is 11.0. The van der Waals surface area contributed by atoms with E-state index in [9.17, 15) is 9.59 Å². The van der Waals surface area contributed by atoms with Crippen LogP contribution in [0.25, 0.3) is 0 Å². The van der Waals surface area contributed by atoms with Crippen molar-refractivity contribution in [1.29, 1.82) is 0 Å². The molecule has 1 aromatic carbocycles. The lowest BCUT2D eigenvalue weighted by molar-refractivity contribution is -0.140. The summed E-state index contributed by atoms with van der Waals surface area (Å²) >= 11 is 11.5. The van der Waals surface area contributed by atoms with E-state index in [1.165, 1.54) is 25.3 Å². The molecular formula is C11H11Cl2NO4. The Hall–Kier alpha value is -1.30. The lowest BCUT2D eigenvalue weighted by atomic mass is 10.2. The summed E-state index contributed by atoms with van der Waals surface area (Å²) in [5, 5.41) is 11.7. The van der Waals surface area contributed by atoms with Crippen LogP contribution in [-0.2, 0) is 9.53 Å². The molecule has 1 amide bonds. The van der Waals surface area contributed by atoms with E-state index >= 15 is 0 Å². The molecule has 0 aliphatic rings. The summed E-state index contributed by atoms with van der Waals surface area (Å²) in [6, 6.07) is 3.17. The van der Waals surface area contributed by atoms with Gasteiger partial charge in [0.2, 0.25) is 0 Å². The highest BCUT2D eigenvalue weighted by atomic mass is 35.5. The molecule has 98 valence electrons. The van der Waals surface area contributed by atoms with E-state index in [4.69, 9.17) is 33.0 Å². The predicted molar refractivity (Wildman–Crippen MR) is 67.2 cm³/mol. The number of carboxylic acid groups (broad SMARTS) is 1. The molecule has 0 saturated heterocycles. The van der Waals surface area contributed by atoms with Gasteiger partial charge in [0.1, 0.15) is 0 Å². The predicted octanol–water partition coefficient (Wildman–Crippen LogP) is 1.82. The zero-order chi connectivity index (χ0) is 13.7. The van der Waals surface area contributed by atoms with Crippen LogP contribution in [0.15, 0.2) is 18.2 Å². The molecule has 0 aliphatic heterocycles. The van der Waals surface area contributed by atoms with Crippen molar-refractivity contribution in [3.8, 4) is 0 Å². The van der Waals surface area contributed by atoms with E-state index in [2.05, 4.69) is 5.32 Å². The molecule has 0 radical (unpaired) electrons. The quantitative estimate of drug-likeness (QED) is 0.868. The molecule has 0 fully saturated rings. The summed E-state index contributed by atoms with van der Waals surface area (Å²) in [5.74, 6) is -1.73. The van der Waals surface area contributed by atoms with E-state index < -0.39 is 17.9 Å². The average molecular weight is 292 g/mol. The van der Waals surface area contributed by atoms with Crippen LogP contribution >= 0.6 is 23.2 Å². The molecule has 5 nitrogen and oxygen atoms in total. The van der Waals surface area contributed by atoms with E-state index in [1.54, 1.807) is 0 Å². The van der Waals surface area contributed by atoms with Crippen molar-refractivity contribution < 1.29 is 19.4 Å². The molecular weight excluding hydrogens is 281 g/mol. The largest absolute Gasteiger partial charge is 0.480 e. The second-order valence-electron chi connectivity index (χ2n) is 3.45. The Morgan fingerprint density at radius 3 is 2.56 bits per heavy atom. The first-order chi connectivity index (χ1) is 8.45. The van der Waals surface area contributed by atoms with Gasteiger partial charge in [0, 0.05) is 12.7 Å². The minimum Gasteiger partial charge on any atom is -0.480 e. The fourth-order valence-corrected chi connectivity index (χ4v) is 1.52. The second-order valence-corrected chi connectivity index (χ2v) is 4.26. The van der Waals surface area contributed by atoms with Gasteiger partial charge in [-0.1, -0.05) is 23.2 Å². The average Bonchev–Trinajstić information content (AvgIpc) is 2.31. The molecule has 1 unspecified atom stereocenters. The fraction of sp³-hybridized carbons (Fsp3) is 0.273. The molecule has 0 saturated carbocycles. The van der Waals surface area contributed by atoms with Gasteiger partial charge in [-0.25, -0.2) is 4.79 Å². The highest BCUT2D eigenvalue weighted by molar-refractivity contribution is 6.42.